The first kappa shape index (κ1) is 16.8. The van der Waals surface area contributed by atoms with Crippen molar-refractivity contribution in [3.8, 4) is 0 Å². The zero-order chi connectivity index (χ0) is 18.2. The lowest BCUT2D eigenvalue weighted by atomic mass is 10.1. The molecular weight excluding hydrogens is 335 g/mol. The van der Waals surface area contributed by atoms with Crippen LogP contribution in [0.2, 0.25) is 0 Å². The van der Waals surface area contributed by atoms with E-state index in [-0.39, 0.29) is 11.1 Å². The van der Waals surface area contributed by atoms with Crippen LogP contribution < -0.4 is 10.9 Å². The van der Waals surface area contributed by atoms with Crippen LogP contribution in [0.25, 0.3) is 11.0 Å². The molecule has 1 aromatic heterocycles. The van der Waals surface area contributed by atoms with Crippen molar-refractivity contribution < 1.29 is 22.4 Å². The Balaban J connectivity index is 1.91. The first-order valence-electron chi connectivity index (χ1n) is 7.27. The van der Waals surface area contributed by atoms with Crippen molar-refractivity contribution in [2.24, 2.45) is 0 Å². The van der Waals surface area contributed by atoms with E-state index in [9.17, 15) is 22.8 Å². The zero-order valence-corrected chi connectivity index (χ0v) is 13.0. The van der Waals surface area contributed by atoms with Gasteiger partial charge < -0.3 is 9.73 Å². The summed E-state index contributed by atoms with van der Waals surface area (Å²) in [4.78, 5) is 23.6. The Morgan fingerprint density at radius 1 is 1.08 bits per heavy atom. The fourth-order valence-corrected chi connectivity index (χ4v) is 2.44. The smallest absolute Gasteiger partial charge is 0.416 e. The summed E-state index contributed by atoms with van der Waals surface area (Å²) < 4.78 is 43.3. The van der Waals surface area contributed by atoms with E-state index in [1.807, 2.05) is 0 Å². The Bertz CT molecular complexity index is 1020. The fraction of sp³-hybridized carbons (Fsp3) is 0.111. The molecule has 25 heavy (non-hydrogen) atoms. The van der Waals surface area contributed by atoms with Crippen molar-refractivity contribution in [2.75, 3.05) is 5.32 Å². The number of aryl methyl sites for hydroxylation is 1. The predicted octanol–water partition coefficient (Wildman–Crippen LogP) is 4.37. The minimum Gasteiger partial charge on any atom is -0.423 e. The van der Waals surface area contributed by atoms with E-state index in [0.717, 1.165) is 17.7 Å². The van der Waals surface area contributed by atoms with Crippen LogP contribution in [0.15, 0.2) is 57.7 Å². The number of amides is 1. The van der Waals surface area contributed by atoms with Gasteiger partial charge in [0.2, 0.25) is 0 Å². The monoisotopic (exact) mass is 347 g/mol. The lowest BCUT2D eigenvalue weighted by Gasteiger charge is -2.10. The molecule has 0 fully saturated rings. The van der Waals surface area contributed by atoms with E-state index in [1.54, 1.807) is 19.1 Å². The molecule has 3 aromatic rings. The lowest BCUT2D eigenvalue weighted by molar-refractivity contribution is -0.137. The van der Waals surface area contributed by atoms with E-state index >= 15 is 0 Å². The maximum Gasteiger partial charge on any atom is 0.416 e. The number of nitrogens with one attached hydrogen (secondary N) is 1. The summed E-state index contributed by atoms with van der Waals surface area (Å²) in [5.74, 6) is -0.694. The highest BCUT2D eigenvalue weighted by Gasteiger charge is 2.30. The molecule has 0 unspecified atom stereocenters. The van der Waals surface area contributed by atoms with Crippen molar-refractivity contribution in [3.05, 3.63) is 75.6 Å². The molecule has 1 heterocycles. The average molecular weight is 347 g/mol. The van der Waals surface area contributed by atoms with E-state index in [2.05, 4.69) is 5.32 Å². The maximum atomic E-state index is 12.7. The third kappa shape index (κ3) is 3.55. The van der Waals surface area contributed by atoms with Gasteiger partial charge in [0, 0.05) is 28.8 Å². The van der Waals surface area contributed by atoms with Gasteiger partial charge in [0.15, 0.2) is 0 Å². The molecule has 128 valence electrons. The Kier molecular flexibility index (Phi) is 4.08. The summed E-state index contributed by atoms with van der Waals surface area (Å²) >= 11 is 0. The molecule has 1 N–H and O–H groups in total. The first-order chi connectivity index (χ1) is 11.7. The number of rotatable bonds is 2. The molecule has 0 aliphatic rings. The Hall–Kier alpha value is -3.09. The van der Waals surface area contributed by atoms with E-state index in [0.29, 0.717) is 11.1 Å². The fourth-order valence-electron chi connectivity index (χ4n) is 2.44. The highest BCUT2D eigenvalue weighted by Crippen LogP contribution is 2.29. The highest BCUT2D eigenvalue weighted by atomic mass is 19.4. The number of hydrogen-bond acceptors (Lipinski definition) is 3. The Morgan fingerprint density at radius 2 is 1.84 bits per heavy atom. The molecule has 0 saturated carbocycles. The zero-order valence-electron chi connectivity index (χ0n) is 13.0. The SMILES string of the molecule is Cc1cc(=O)oc2cc(NC(=O)c3cccc(C(F)(F)F)c3)ccc12. The van der Waals surface area contributed by atoms with Gasteiger partial charge >= 0.3 is 11.8 Å². The number of benzene rings is 2. The van der Waals surface area contributed by atoms with Crippen LogP contribution in [0.5, 0.6) is 0 Å². The largest absolute Gasteiger partial charge is 0.423 e. The number of hydrogen-bond donors (Lipinski definition) is 1. The lowest BCUT2D eigenvalue weighted by Crippen LogP contribution is -2.14. The Morgan fingerprint density at radius 3 is 2.56 bits per heavy atom. The van der Waals surface area contributed by atoms with Gasteiger partial charge in [-0.3, -0.25) is 4.79 Å². The first-order valence-corrected chi connectivity index (χ1v) is 7.27. The van der Waals surface area contributed by atoms with Gasteiger partial charge in [-0.2, -0.15) is 13.2 Å². The molecule has 0 spiro atoms. The van der Waals surface area contributed by atoms with Crippen LogP contribution in [0.1, 0.15) is 21.5 Å². The Labute approximate surface area is 139 Å². The number of carbonyl (C=O) groups excluding carboxylic acids is 1. The second-order valence-electron chi connectivity index (χ2n) is 5.49. The molecule has 0 bridgehead atoms. The van der Waals surface area contributed by atoms with Gasteiger partial charge in [0.1, 0.15) is 5.58 Å². The van der Waals surface area contributed by atoms with Crippen LogP contribution in [-0.4, -0.2) is 5.91 Å². The number of carbonyl (C=O) groups is 1. The summed E-state index contributed by atoms with van der Waals surface area (Å²) in [6.45, 7) is 1.75. The van der Waals surface area contributed by atoms with Crippen LogP contribution >= 0.6 is 0 Å². The minimum atomic E-state index is -4.53. The number of anilines is 1. The molecule has 1 amide bonds. The number of alkyl halides is 3. The molecule has 0 aliphatic carbocycles. The topological polar surface area (TPSA) is 59.3 Å². The van der Waals surface area contributed by atoms with Crippen LogP contribution in [0.4, 0.5) is 18.9 Å². The van der Waals surface area contributed by atoms with Gasteiger partial charge in [-0.1, -0.05) is 6.07 Å². The third-order valence-electron chi connectivity index (χ3n) is 3.66. The molecular formula is C18H12F3NO3. The van der Waals surface area contributed by atoms with E-state index < -0.39 is 23.3 Å². The average Bonchev–Trinajstić information content (AvgIpc) is 2.53. The molecule has 2 aromatic carbocycles. The van der Waals surface area contributed by atoms with Crippen molar-refractivity contribution >= 4 is 22.6 Å². The second kappa shape index (κ2) is 6.08. The van der Waals surface area contributed by atoms with Gasteiger partial charge in [-0.15, -0.1) is 0 Å². The van der Waals surface area contributed by atoms with Crippen molar-refractivity contribution in [1.29, 1.82) is 0 Å². The summed E-state index contributed by atoms with van der Waals surface area (Å²) in [6.07, 6.45) is -4.53. The molecule has 7 heteroatoms. The van der Waals surface area contributed by atoms with Crippen molar-refractivity contribution in [3.63, 3.8) is 0 Å². The molecule has 0 atom stereocenters. The maximum absolute atomic E-state index is 12.7. The molecule has 0 saturated heterocycles. The van der Waals surface area contributed by atoms with Gasteiger partial charge in [0.25, 0.3) is 5.91 Å². The van der Waals surface area contributed by atoms with Gasteiger partial charge in [-0.05, 0) is 42.8 Å². The summed E-state index contributed by atoms with van der Waals surface area (Å²) in [7, 11) is 0. The normalized spacial score (nSPS) is 11.5. The van der Waals surface area contributed by atoms with E-state index in [1.165, 1.54) is 24.3 Å². The van der Waals surface area contributed by atoms with Crippen molar-refractivity contribution in [2.45, 2.75) is 13.1 Å². The second-order valence-corrected chi connectivity index (χ2v) is 5.49. The summed E-state index contributed by atoms with van der Waals surface area (Å²) in [6, 6.07) is 10.2. The van der Waals surface area contributed by atoms with Crippen molar-refractivity contribution in [1.82, 2.24) is 0 Å². The summed E-state index contributed by atoms with van der Waals surface area (Å²) in [5.41, 5.74) is -0.232. The van der Waals surface area contributed by atoms with Gasteiger partial charge in [0.05, 0.1) is 5.56 Å². The predicted molar refractivity (Wildman–Crippen MR) is 86.6 cm³/mol. The minimum absolute atomic E-state index is 0.124. The van der Waals surface area contributed by atoms with Crippen LogP contribution in [0.3, 0.4) is 0 Å². The third-order valence-corrected chi connectivity index (χ3v) is 3.66. The molecule has 4 nitrogen and oxygen atoms in total. The molecule has 0 aliphatic heterocycles. The van der Waals surface area contributed by atoms with Crippen LogP contribution in [-0.2, 0) is 6.18 Å². The summed E-state index contributed by atoms with van der Waals surface area (Å²) in [5, 5.41) is 3.20. The number of halogens is 3. The molecule has 0 radical (unpaired) electrons. The molecule has 3 rings (SSSR count). The quantitative estimate of drug-likeness (QED) is 0.700. The van der Waals surface area contributed by atoms with E-state index in [4.69, 9.17) is 4.42 Å². The van der Waals surface area contributed by atoms with Gasteiger partial charge in [-0.25, -0.2) is 4.79 Å². The highest BCUT2D eigenvalue weighted by molar-refractivity contribution is 6.05. The standard InChI is InChI=1S/C18H12F3NO3/c1-10-7-16(23)25-15-9-13(5-6-14(10)15)22-17(24)11-3-2-4-12(8-11)18(19,20)21/h2-9H,1H3,(H,22,24). The number of fused-ring (bicyclic) bond motifs is 1. The van der Waals surface area contributed by atoms with Crippen LogP contribution in [0, 0.1) is 6.92 Å².